The number of nitrogens with one attached hydrogen (secondary N) is 1. The van der Waals surface area contributed by atoms with Crippen molar-refractivity contribution < 1.29 is 9.32 Å². The molecule has 0 spiro atoms. The number of nitrogens with zero attached hydrogens (tertiary/aromatic N) is 4. The maximum absolute atomic E-state index is 13.1. The highest BCUT2D eigenvalue weighted by molar-refractivity contribution is 7.18. The molecule has 0 aliphatic heterocycles. The number of pyridine rings is 1. The Bertz CT molecular complexity index is 1310. The molecule has 5 rings (SSSR count). The van der Waals surface area contributed by atoms with Crippen molar-refractivity contribution in [1.82, 2.24) is 20.3 Å². The number of carbonyl (C=O) groups excluding carboxylic acids is 1. The maximum Gasteiger partial charge on any atom is 0.259 e. The Kier molecular flexibility index (Phi) is 4.38. The third kappa shape index (κ3) is 3.30. The SMILES string of the molecule is Cc1noc2nc(-c3cccs3)cc(C(=O)Nc3nnc(-c4ccccc4)s3)c12. The van der Waals surface area contributed by atoms with E-state index in [4.69, 9.17) is 4.52 Å². The van der Waals surface area contributed by atoms with Crippen LogP contribution in [0.1, 0.15) is 16.1 Å². The van der Waals surface area contributed by atoms with Gasteiger partial charge in [0.1, 0.15) is 5.01 Å². The van der Waals surface area contributed by atoms with Gasteiger partial charge < -0.3 is 4.52 Å². The summed E-state index contributed by atoms with van der Waals surface area (Å²) in [6.45, 7) is 1.79. The highest BCUT2D eigenvalue weighted by atomic mass is 32.1. The topological polar surface area (TPSA) is 93.8 Å². The van der Waals surface area contributed by atoms with Crippen LogP contribution in [0.4, 0.5) is 5.13 Å². The fraction of sp³-hybridized carbons (Fsp3) is 0.0500. The molecule has 0 saturated heterocycles. The normalized spacial score (nSPS) is 11.1. The van der Waals surface area contributed by atoms with Crippen LogP contribution in [-0.4, -0.2) is 26.2 Å². The second-order valence-electron chi connectivity index (χ2n) is 6.21. The monoisotopic (exact) mass is 419 g/mol. The fourth-order valence-electron chi connectivity index (χ4n) is 2.96. The maximum atomic E-state index is 13.1. The highest BCUT2D eigenvalue weighted by Crippen LogP contribution is 2.31. The molecular weight excluding hydrogens is 406 g/mol. The van der Waals surface area contributed by atoms with Crippen molar-refractivity contribution in [3.8, 4) is 21.1 Å². The van der Waals surface area contributed by atoms with E-state index in [1.807, 2.05) is 47.8 Å². The lowest BCUT2D eigenvalue weighted by Crippen LogP contribution is -2.13. The summed E-state index contributed by atoms with van der Waals surface area (Å²) in [4.78, 5) is 18.5. The molecule has 9 heteroatoms. The zero-order valence-electron chi connectivity index (χ0n) is 15.1. The van der Waals surface area contributed by atoms with E-state index in [-0.39, 0.29) is 5.91 Å². The number of anilines is 1. The Morgan fingerprint density at radius 2 is 1.97 bits per heavy atom. The van der Waals surface area contributed by atoms with Crippen LogP contribution < -0.4 is 5.32 Å². The van der Waals surface area contributed by atoms with Gasteiger partial charge in [-0.15, -0.1) is 21.5 Å². The van der Waals surface area contributed by atoms with Gasteiger partial charge in [-0.3, -0.25) is 10.1 Å². The molecule has 0 aliphatic carbocycles. The van der Waals surface area contributed by atoms with Crippen molar-refractivity contribution in [2.75, 3.05) is 5.32 Å². The van der Waals surface area contributed by atoms with Gasteiger partial charge in [0.2, 0.25) is 5.13 Å². The number of rotatable bonds is 4. The Morgan fingerprint density at radius 3 is 2.76 bits per heavy atom. The quantitative estimate of drug-likeness (QED) is 0.439. The Hall–Kier alpha value is -3.43. The van der Waals surface area contributed by atoms with Crippen molar-refractivity contribution in [3.63, 3.8) is 0 Å². The summed E-state index contributed by atoms with van der Waals surface area (Å²) in [5.41, 5.74) is 3.00. The summed E-state index contributed by atoms with van der Waals surface area (Å²) < 4.78 is 5.33. The second-order valence-corrected chi connectivity index (χ2v) is 8.14. The fourth-order valence-corrected chi connectivity index (χ4v) is 4.39. The first-order chi connectivity index (χ1) is 14.2. The first-order valence-corrected chi connectivity index (χ1v) is 10.4. The zero-order valence-corrected chi connectivity index (χ0v) is 16.8. The molecule has 29 heavy (non-hydrogen) atoms. The van der Waals surface area contributed by atoms with Crippen molar-refractivity contribution in [2.24, 2.45) is 0 Å². The Balaban J connectivity index is 1.51. The van der Waals surface area contributed by atoms with Gasteiger partial charge in [-0.05, 0) is 24.4 Å². The van der Waals surface area contributed by atoms with Gasteiger partial charge in [0.25, 0.3) is 11.6 Å². The average Bonchev–Trinajstić information content (AvgIpc) is 3.50. The predicted octanol–water partition coefficient (Wildman–Crippen LogP) is 5.03. The number of amides is 1. The molecule has 0 radical (unpaired) electrons. The molecule has 5 aromatic rings. The number of benzene rings is 1. The van der Waals surface area contributed by atoms with Crippen molar-refractivity contribution in [1.29, 1.82) is 0 Å². The third-order valence-corrected chi connectivity index (χ3v) is 6.08. The van der Waals surface area contributed by atoms with Gasteiger partial charge in [0, 0.05) is 5.56 Å². The van der Waals surface area contributed by atoms with E-state index in [2.05, 4.69) is 25.7 Å². The standard InChI is InChI=1S/C20H13N5O2S2/c1-11-16-13(10-14(15-8-5-9-28-15)21-18(16)27-25-11)17(26)22-20-24-23-19(29-20)12-6-3-2-4-7-12/h2-10H,1H3,(H,22,24,26). The summed E-state index contributed by atoms with van der Waals surface area (Å²) in [6, 6.07) is 15.3. The summed E-state index contributed by atoms with van der Waals surface area (Å²) in [7, 11) is 0. The molecule has 0 aliphatic rings. The van der Waals surface area contributed by atoms with Gasteiger partial charge >= 0.3 is 0 Å². The largest absolute Gasteiger partial charge is 0.335 e. The molecule has 0 bridgehead atoms. The van der Waals surface area contributed by atoms with Gasteiger partial charge in [0.15, 0.2) is 0 Å². The summed E-state index contributed by atoms with van der Waals surface area (Å²) in [6.07, 6.45) is 0. The van der Waals surface area contributed by atoms with Gasteiger partial charge in [-0.2, -0.15) is 0 Å². The molecular formula is C20H13N5O2S2. The van der Waals surface area contributed by atoms with E-state index in [1.165, 1.54) is 11.3 Å². The van der Waals surface area contributed by atoms with Crippen LogP contribution in [0.25, 0.3) is 32.2 Å². The molecule has 0 fully saturated rings. The summed E-state index contributed by atoms with van der Waals surface area (Å²) >= 11 is 2.86. The lowest BCUT2D eigenvalue weighted by molar-refractivity contribution is 0.102. The van der Waals surface area contributed by atoms with Gasteiger partial charge in [0.05, 0.1) is 27.2 Å². The first-order valence-electron chi connectivity index (χ1n) is 8.70. The zero-order chi connectivity index (χ0) is 19.8. The molecule has 0 saturated carbocycles. The van der Waals surface area contributed by atoms with E-state index in [1.54, 1.807) is 24.3 Å². The van der Waals surface area contributed by atoms with Crippen LogP contribution in [0, 0.1) is 6.92 Å². The minimum absolute atomic E-state index is 0.308. The molecule has 1 amide bonds. The summed E-state index contributed by atoms with van der Waals surface area (Å²) in [5, 5.41) is 18.8. The van der Waals surface area contributed by atoms with Crippen LogP contribution in [-0.2, 0) is 0 Å². The smallest absolute Gasteiger partial charge is 0.259 e. The molecule has 4 heterocycles. The minimum Gasteiger partial charge on any atom is -0.335 e. The predicted molar refractivity (Wildman–Crippen MR) is 113 cm³/mol. The summed E-state index contributed by atoms with van der Waals surface area (Å²) in [5.74, 6) is -0.308. The molecule has 4 aromatic heterocycles. The number of aromatic nitrogens is 4. The van der Waals surface area contributed by atoms with Crippen LogP contribution in [0.5, 0.6) is 0 Å². The Labute approximate surface area is 173 Å². The van der Waals surface area contributed by atoms with Crippen molar-refractivity contribution in [3.05, 3.63) is 65.2 Å². The average molecular weight is 419 g/mol. The van der Waals surface area contributed by atoms with E-state index in [0.717, 1.165) is 15.4 Å². The number of hydrogen-bond donors (Lipinski definition) is 1. The van der Waals surface area contributed by atoms with Crippen molar-refractivity contribution in [2.45, 2.75) is 6.92 Å². The molecule has 1 N–H and O–H groups in total. The van der Waals surface area contributed by atoms with Crippen LogP contribution in [0.2, 0.25) is 0 Å². The lowest BCUT2D eigenvalue weighted by Gasteiger charge is -2.05. The first kappa shape index (κ1) is 17.7. The molecule has 0 atom stereocenters. The number of aryl methyl sites for hydroxylation is 1. The second kappa shape index (κ2) is 7.19. The number of hydrogen-bond acceptors (Lipinski definition) is 8. The molecule has 0 unspecified atom stereocenters. The number of fused-ring (bicyclic) bond motifs is 1. The van der Waals surface area contributed by atoms with E-state index in [0.29, 0.717) is 33.2 Å². The van der Waals surface area contributed by atoms with E-state index >= 15 is 0 Å². The Morgan fingerprint density at radius 1 is 1.10 bits per heavy atom. The van der Waals surface area contributed by atoms with Gasteiger partial charge in [-0.1, -0.05) is 52.9 Å². The molecule has 1 aromatic carbocycles. The van der Waals surface area contributed by atoms with Gasteiger partial charge in [-0.25, -0.2) is 4.98 Å². The van der Waals surface area contributed by atoms with Crippen molar-refractivity contribution >= 4 is 44.8 Å². The molecule has 7 nitrogen and oxygen atoms in total. The van der Waals surface area contributed by atoms with Crippen LogP contribution >= 0.6 is 22.7 Å². The van der Waals surface area contributed by atoms with Crippen LogP contribution in [0.15, 0.2) is 58.4 Å². The van der Waals surface area contributed by atoms with E-state index in [9.17, 15) is 4.79 Å². The number of carbonyl (C=O) groups is 1. The van der Waals surface area contributed by atoms with E-state index < -0.39 is 0 Å². The number of thiophene rings is 1. The molecule has 142 valence electrons. The minimum atomic E-state index is -0.308. The third-order valence-electron chi connectivity index (χ3n) is 4.30. The van der Waals surface area contributed by atoms with Crippen LogP contribution in [0.3, 0.4) is 0 Å². The highest BCUT2D eigenvalue weighted by Gasteiger charge is 2.21. The lowest BCUT2D eigenvalue weighted by atomic mass is 10.1.